The van der Waals surface area contributed by atoms with Crippen LogP contribution in [0, 0.1) is 5.82 Å². The fourth-order valence-electron chi connectivity index (χ4n) is 3.64. The number of ether oxygens (including phenoxy) is 1. The molecule has 2 atom stereocenters. The van der Waals surface area contributed by atoms with Crippen molar-refractivity contribution in [2.45, 2.75) is 24.1 Å². The molecule has 0 saturated carbocycles. The standard InChI is InChI=1S/C23H19F4N3O5/c1-21(20(28)32)11-35-18-15(21)8-16(30-17(18)12-2-4-14(24)5-3-12)22(33,23(25,26)27)10-29-19(31)13-6-7-34-9-13/h2-9,33H,10-11H2,1H3,(H2,28,32)(H,29,31)/t21-,22-/m0/s1. The Kier molecular flexibility index (Phi) is 5.79. The number of hydrogen-bond donors (Lipinski definition) is 3. The fraction of sp³-hybridized carbons (Fsp3) is 0.261. The Morgan fingerprint density at radius 1 is 1.23 bits per heavy atom. The van der Waals surface area contributed by atoms with Crippen LogP contribution in [0.1, 0.15) is 28.5 Å². The normalized spacial score (nSPS) is 18.9. The van der Waals surface area contributed by atoms with Crippen LogP contribution >= 0.6 is 0 Å². The molecule has 4 rings (SSSR count). The molecule has 4 N–H and O–H groups in total. The zero-order valence-electron chi connectivity index (χ0n) is 18.1. The quantitative estimate of drug-likeness (QED) is 0.453. The van der Waals surface area contributed by atoms with E-state index in [-0.39, 0.29) is 34.7 Å². The maximum atomic E-state index is 14.2. The van der Waals surface area contributed by atoms with Crippen molar-refractivity contribution in [1.82, 2.24) is 10.3 Å². The topological polar surface area (TPSA) is 128 Å². The van der Waals surface area contributed by atoms with Gasteiger partial charge in [0.1, 0.15) is 35.5 Å². The highest BCUT2D eigenvalue weighted by molar-refractivity contribution is 5.93. The summed E-state index contributed by atoms with van der Waals surface area (Å²) in [6.45, 7) is -0.200. The number of hydrogen-bond acceptors (Lipinski definition) is 6. The first kappa shape index (κ1) is 24.2. The summed E-state index contributed by atoms with van der Waals surface area (Å²) in [4.78, 5) is 28.4. The van der Waals surface area contributed by atoms with Crippen molar-refractivity contribution < 1.29 is 41.4 Å². The third-order valence-electron chi connectivity index (χ3n) is 5.91. The Bertz CT molecular complexity index is 1280. The van der Waals surface area contributed by atoms with Crippen molar-refractivity contribution in [2.75, 3.05) is 13.2 Å². The molecule has 0 bridgehead atoms. The molecule has 0 unspecified atom stereocenters. The number of furan rings is 1. The number of carbonyl (C=O) groups excluding carboxylic acids is 2. The van der Waals surface area contributed by atoms with E-state index in [1.165, 1.54) is 25.1 Å². The van der Waals surface area contributed by atoms with Crippen LogP contribution in [0.5, 0.6) is 5.75 Å². The first-order valence-electron chi connectivity index (χ1n) is 10.2. The summed E-state index contributed by atoms with van der Waals surface area (Å²) in [7, 11) is 0. The summed E-state index contributed by atoms with van der Waals surface area (Å²) in [5, 5.41) is 12.9. The molecule has 1 aliphatic heterocycles. The van der Waals surface area contributed by atoms with E-state index in [4.69, 9.17) is 14.9 Å². The van der Waals surface area contributed by atoms with Crippen molar-refractivity contribution in [3.63, 3.8) is 0 Å². The van der Waals surface area contributed by atoms with Gasteiger partial charge in [-0.2, -0.15) is 13.2 Å². The van der Waals surface area contributed by atoms with Gasteiger partial charge in [0.15, 0.2) is 0 Å². The van der Waals surface area contributed by atoms with Crippen molar-refractivity contribution >= 4 is 11.8 Å². The minimum Gasteiger partial charge on any atom is -0.489 e. The Balaban J connectivity index is 1.87. The molecular formula is C23H19F4N3O5. The van der Waals surface area contributed by atoms with Gasteiger partial charge in [0.05, 0.1) is 24.1 Å². The number of primary amides is 1. The van der Waals surface area contributed by atoms with Crippen LogP contribution in [-0.2, 0) is 15.8 Å². The lowest BCUT2D eigenvalue weighted by Gasteiger charge is -2.31. The fourth-order valence-corrected chi connectivity index (χ4v) is 3.64. The number of pyridine rings is 1. The first-order chi connectivity index (χ1) is 16.4. The molecule has 1 aliphatic rings. The molecule has 0 radical (unpaired) electrons. The summed E-state index contributed by atoms with van der Waals surface area (Å²) in [5.74, 6) is -2.42. The largest absolute Gasteiger partial charge is 0.489 e. The molecule has 12 heteroatoms. The average molecular weight is 493 g/mol. The van der Waals surface area contributed by atoms with Crippen LogP contribution in [0.25, 0.3) is 11.3 Å². The predicted molar refractivity (Wildman–Crippen MR) is 113 cm³/mol. The third kappa shape index (κ3) is 4.09. The maximum absolute atomic E-state index is 14.2. The zero-order chi connectivity index (χ0) is 25.6. The summed E-state index contributed by atoms with van der Waals surface area (Å²) < 4.78 is 66.5. The number of carbonyl (C=O) groups is 2. The van der Waals surface area contributed by atoms with Gasteiger partial charge in [0.25, 0.3) is 5.91 Å². The summed E-state index contributed by atoms with van der Waals surface area (Å²) in [6.07, 6.45) is -3.12. The van der Waals surface area contributed by atoms with E-state index in [9.17, 15) is 32.3 Å². The van der Waals surface area contributed by atoms with E-state index in [2.05, 4.69) is 4.98 Å². The van der Waals surface area contributed by atoms with Crippen LogP contribution in [0.4, 0.5) is 17.6 Å². The van der Waals surface area contributed by atoms with E-state index in [0.29, 0.717) is 0 Å². The summed E-state index contributed by atoms with van der Waals surface area (Å²) >= 11 is 0. The van der Waals surface area contributed by atoms with Crippen LogP contribution < -0.4 is 15.8 Å². The van der Waals surface area contributed by atoms with E-state index in [1.807, 2.05) is 5.32 Å². The van der Waals surface area contributed by atoms with E-state index in [0.717, 1.165) is 30.7 Å². The number of fused-ring (bicyclic) bond motifs is 1. The Hall–Kier alpha value is -3.93. The number of nitrogens with zero attached hydrogens (tertiary/aromatic N) is 1. The van der Waals surface area contributed by atoms with Crippen molar-refractivity contribution in [2.24, 2.45) is 5.73 Å². The van der Waals surface area contributed by atoms with Crippen molar-refractivity contribution in [1.29, 1.82) is 0 Å². The number of nitrogens with two attached hydrogens (primary N) is 1. The smallest absolute Gasteiger partial charge is 0.424 e. The minimum atomic E-state index is -5.30. The lowest BCUT2D eigenvalue weighted by molar-refractivity contribution is -0.265. The van der Waals surface area contributed by atoms with E-state index in [1.54, 1.807) is 0 Å². The number of amides is 2. The highest BCUT2D eigenvalue weighted by atomic mass is 19.4. The minimum absolute atomic E-state index is 0.0198. The average Bonchev–Trinajstić information content (AvgIpc) is 3.46. The van der Waals surface area contributed by atoms with Gasteiger partial charge in [0, 0.05) is 11.1 Å². The number of halogens is 4. The van der Waals surface area contributed by atoms with Gasteiger partial charge in [-0.1, -0.05) is 0 Å². The maximum Gasteiger partial charge on any atom is 0.424 e. The van der Waals surface area contributed by atoms with Crippen molar-refractivity contribution in [3.8, 4) is 17.0 Å². The molecule has 8 nitrogen and oxygen atoms in total. The third-order valence-corrected chi connectivity index (χ3v) is 5.91. The molecule has 2 amide bonds. The monoisotopic (exact) mass is 493 g/mol. The number of rotatable bonds is 6. The molecule has 0 aliphatic carbocycles. The van der Waals surface area contributed by atoms with E-state index < -0.39 is 47.1 Å². The Labute approximate surface area is 195 Å². The van der Waals surface area contributed by atoms with Gasteiger partial charge in [-0.25, -0.2) is 9.37 Å². The van der Waals surface area contributed by atoms with Gasteiger partial charge in [0.2, 0.25) is 11.5 Å². The number of alkyl halides is 3. The van der Waals surface area contributed by atoms with Crippen LogP contribution in [0.2, 0.25) is 0 Å². The summed E-state index contributed by atoms with van der Waals surface area (Å²) in [6, 6.07) is 6.78. The first-order valence-corrected chi connectivity index (χ1v) is 10.2. The second kappa shape index (κ2) is 8.38. The molecule has 184 valence electrons. The SMILES string of the molecule is C[C@]1(C(N)=O)COc2c1cc([C@@](O)(CNC(=O)c1ccoc1)C(F)(F)F)nc2-c1ccc(F)cc1. The molecule has 0 fully saturated rings. The number of aliphatic hydroxyl groups is 1. The Morgan fingerprint density at radius 3 is 2.49 bits per heavy atom. The highest BCUT2D eigenvalue weighted by Crippen LogP contribution is 2.47. The molecule has 3 aromatic rings. The highest BCUT2D eigenvalue weighted by Gasteiger charge is 2.57. The number of aromatic nitrogens is 1. The Morgan fingerprint density at radius 2 is 1.91 bits per heavy atom. The molecule has 1 aromatic carbocycles. The second-order valence-corrected chi connectivity index (χ2v) is 8.28. The molecule has 2 aromatic heterocycles. The second-order valence-electron chi connectivity index (χ2n) is 8.28. The van der Waals surface area contributed by atoms with Crippen LogP contribution in [0.15, 0.2) is 53.3 Å². The number of benzene rings is 1. The zero-order valence-corrected chi connectivity index (χ0v) is 18.1. The lowest BCUT2D eigenvalue weighted by atomic mass is 9.81. The molecular weight excluding hydrogens is 474 g/mol. The van der Waals surface area contributed by atoms with Crippen LogP contribution in [-0.4, -0.2) is 41.2 Å². The predicted octanol–water partition coefficient (Wildman–Crippen LogP) is 2.80. The van der Waals surface area contributed by atoms with Crippen LogP contribution in [0.3, 0.4) is 0 Å². The van der Waals surface area contributed by atoms with Gasteiger partial charge in [-0.05, 0) is 43.3 Å². The molecule has 35 heavy (non-hydrogen) atoms. The summed E-state index contributed by atoms with van der Waals surface area (Å²) in [5.41, 5.74) is -0.674. The van der Waals surface area contributed by atoms with Crippen molar-refractivity contribution in [3.05, 3.63) is 71.6 Å². The molecule has 3 heterocycles. The van der Waals surface area contributed by atoms with Gasteiger partial charge in [-0.15, -0.1) is 0 Å². The van der Waals surface area contributed by atoms with E-state index >= 15 is 0 Å². The lowest BCUT2D eigenvalue weighted by Crippen LogP contribution is -2.51. The molecule has 0 saturated heterocycles. The van der Waals surface area contributed by atoms with Gasteiger partial charge < -0.3 is 25.3 Å². The molecule has 0 spiro atoms. The van der Waals surface area contributed by atoms with Gasteiger partial charge >= 0.3 is 6.18 Å². The van der Waals surface area contributed by atoms with Gasteiger partial charge in [-0.3, -0.25) is 9.59 Å². The number of nitrogens with one attached hydrogen (secondary N) is 1.